The summed E-state index contributed by atoms with van der Waals surface area (Å²) in [6.07, 6.45) is -0.313. The summed E-state index contributed by atoms with van der Waals surface area (Å²) >= 11 is 12.4. The first kappa shape index (κ1) is 17.4. The van der Waals surface area contributed by atoms with E-state index in [2.05, 4.69) is 0 Å². The average molecular weight is 345 g/mol. The Morgan fingerprint density at radius 1 is 1.36 bits per heavy atom. The molecule has 0 aliphatic carbocycles. The lowest BCUT2D eigenvalue weighted by atomic mass is 9.89. The Hall–Kier alpha value is -0.970. The van der Waals surface area contributed by atoms with Crippen molar-refractivity contribution in [1.82, 2.24) is 4.90 Å². The summed E-state index contributed by atoms with van der Waals surface area (Å²) in [4.78, 5) is 14.0. The summed E-state index contributed by atoms with van der Waals surface area (Å²) in [5.74, 6) is 0.215. The molecule has 0 saturated carbocycles. The van der Waals surface area contributed by atoms with Gasteiger partial charge in [-0.25, -0.2) is 4.79 Å². The second-order valence-electron chi connectivity index (χ2n) is 6.65. The molecule has 2 atom stereocenters. The number of benzene rings is 1. The molecule has 4 nitrogen and oxygen atoms in total. The summed E-state index contributed by atoms with van der Waals surface area (Å²) in [5.41, 5.74) is 6.31. The molecular formula is C16H22Cl2N2O2. The van der Waals surface area contributed by atoms with E-state index in [1.54, 1.807) is 17.0 Å². The molecule has 1 heterocycles. The Bertz CT molecular complexity index is 558. The van der Waals surface area contributed by atoms with Crippen molar-refractivity contribution in [2.75, 3.05) is 19.6 Å². The van der Waals surface area contributed by atoms with Crippen molar-refractivity contribution in [2.24, 2.45) is 11.7 Å². The highest BCUT2D eigenvalue weighted by Gasteiger charge is 2.38. The number of nitrogens with zero attached hydrogens (tertiary/aromatic N) is 1. The molecule has 0 aromatic heterocycles. The first-order valence-electron chi connectivity index (χ1n) is 7.34. The van der Waals surface area contributed by atoms with Crippen LogP contribution in [0, 0.1) is 5.92 Å². The summed E-state index contributed by atoms with van der Waals surface area (Å²) < 4.78 is 5.44. The Morgan fingerprint density at radius 2 is 2.05 bits per heavy atom. The van der Waals surface area contributed by atoms with Crippen LogP contribution in [-0.2, 0) is 4.74 Å². The molecule has 0 unspecified atom stereocenters. The van der Waals surface area contributed by atoms with Crippen LogP contribution in [-0.4, -0.2) is 36.2 Å². The number of ether oxygens (including phenoxy) is 1. The number of halogens is 2. The van der Waals surface area contributed by atoms with Crippen LogP contribution in [0.25, 0.3) is 0 Å². The third-order valence-corrected chi connectivity index (χ3v) is 4.33. The molecule has 6 heteroatoms. The van der Waals surface area contributed by atoms with Crippen LogP contribution in [0.1, 0.15) is 32.3 Å². The lowest BCUT2D eigenvalue weighted by molar-refractivity contribution is 0.0287. The maximum absolute atomic E-state index is 12.3. The molecule has 1 fully saturated rings. The number of carbonyl (C=O) groups excluding carboxylic acids is 1. The molecule has 0 bridgehead atoms. The SMILES string of the molecule is CC(C)(C)OC(=O)N1C[C@@H](CN)[C@H](c2cc(Cl)ccc2Cl)C1. The summed E-state index contributed by atoms with van der Waals surface area (Å²) in [6, 6.07) is 5.39. The molecule has 22 heavy (non-hydrogen) atoms. The fourth-order valence-electron chi connectivity index (χ4n) is 2.74. The first-order valence-corrected chi connectivity index (χ1v) is 8.10. The van der Waals surface area contributed by atoms with Crippen LogP contribution in [0.15, 0.2) is 18.2 Å². The van der Waals surface area contributed by atoms with Crippen LogP contribution in [0.5, 0.6) is 0 Å². The number of rotatable bonds is 2. The van der Waals surface area contributed by atoms with Crippen molar-refractivity contribution in [2.45, 2.75) is 32.3 Å². The highest BCUT2D eigenvalue weighted by atomic mass is 35.5. The molecule has 1 saturated heterocycles. The zero-order valence-electron chi connectivity index (χ0n) is 13.1. The van der Waals surface area contributed by atoms with Crippen molar-refractivity contribution in [3.63, 3.8) is 0 Å². The Balaban J connectivity index is 2.19. The van der Waals surface area contributed by atoms with Gasteiger partial charge in [-0.2, -0.15) is 0 Å². The molecule has 2 rings (SSSR count). The largest absolute Gasteiger partial charge is 0.444 e. The standard InChI is InChI=1S/C16H22Cl2N2O2/c1-16(2,3)22-15(21)20-8-10(7-19)13(9-20)12-6-11(17)4-5-14(12)18/h4-6,10,13H,7-9,19H2,1-3H3/t10-,13-/m1/s1. The van der Waals surface area contributed by atoms with Gasteiger partial charge in [-0.15, -0.1) is 0 Å². The minimum atomic E-state index is -0.513. The molecule has 1 aliphatic rings. The summed E-state index contributed by atoms with van der Waals surface area (Å²) in [6.45, 7) is 7.15. The molecule has 0 radical (unpaired) electrons. The predicted octanol–water partition coefficient (Wildman–Crippen LogP) is 3.90. The quantitative estimate of drug-likeness (QED) is 0.884. The van der Waals surface area contributed by atoms with E-state index in [1.807, 2.05) is 26.8 Å². The maximum atomic E-state index is 12.3. The van der Waals surface area contributed by atoms with Crippen LogP contribution in [0.2, 0.25) is 10.0 Å². The lowest BCUT2D eigenvalue weighted by Crippen LogP contribution is -2.35. The van der Waals surface area contributed by atoms with E-state index < -0.39 is 5.60 Å². The van der Waals surface area contributed by atoms with Gasteiger partial charge in [-0.05, 0) is 57.0 Å². The third kappa shape index (κ3) is 4.06. The van der Waals surface area contributed by atoms with Gasteiger partial charge < -0.3 is 15.4 Å². The molecule has 122 valence electrons. The van der Waals surface area contributed by atoms with Gasteiger partial charge in [-0.1, -0.05) is 23.2 Å². The van der Waals surface area contributed by atoms with E-state index in [4.69, 9.17) is 33.7 Å². The van der Waals surface area contributed by atoms with E-state index in [0.717, 1.165) is 5.56 Å². The van der Waals surface area contributed by atoms with E-state index in [0.29, 0.717) is 29.7 Å². The van der Waals surface area contributed by atoms with Gasteiger partial charge in [0.1, 0.15) is 5.60 Å². The monoisotopic (exact) mass is 344 g/mol. The smallest absolute Gasteiger partial charge is 0.410 e. The van der Waals surface area contributed by atoms with Gasteiger partial charge in [-0.3, -0.25) is 0 Å². The van der Waals surface area contributed by atoms with Crippen LogP contribution >= 0.6 is 23.2 Å². The van der Waals surface area contributed by atoms with Gasteiger partial charge in [0, 0.05) is 29.1 Å². The van der Waals surface area contributed by atoms with E-state index in [9.17, 15) is 4.79 Å². The van der Waals surface area contributed by atoms with E-state index in [-0.39, 0.29) is 17.9 Å². The Labute approximate surface area is 141 Å². The lowest BCUT2D eigenvalue weighted by Gasteiger charge is -2.24. The second kappa shape index (κ2) is 6.65. The molecule has 2 N–H and O–H groups in total. The van der Waals surface area contributed by atoms with Gasteiger partial charge in [0.2, 0.25) is 0 Å². The van der Waals surface area contributed by atoms with Crippen LogP contribution < -0.4 is 5.73 Å². The van der Waals surface area contributed by atoms with E-state index in [1.165, 1.54) is 0 Å². The van der Waals surface area contributed by atoms with Gasteiger partial charge in [0.05, 0.1) is 0 Å². The van der Waals surface area contributed by atoms with Crippen LogP contribution in [0.4, 0.5) is 4.79 Å². The Kier molecular flexibility index (Phi) is 5.25. The maximum Gasteiger partial charge on any atom is 0.410 e. The van der Waals surface area contributed by atoms with Crippen molar-refractivity contribution in [3.8, 4) is 0 Å². The zero-order valence-corrected chi connectivity index (χ0v) is 14.6. The number of amides is 1. The van der Waals surface area contributed by atoms with Crippen molar-refractivity contribution in [3.05, 3.63) is 33.8 Å². The minimum absolute atomic E-state index is 0.0729. The van der Waals surface area contributed by atoms with Gasteiger partial charge in [0.15, 0.2) is 0 Å². The zero-order chi connectivity index (χ0) is 16.5. The minimum Gasteiger partial charge on any atom is -0.444 e. The van der Waals surface area contributed by atoms with E-state index >= 15 is 0 Å². The number of carbonyl (C=O) groups is 1. The van der Waals surface area contributed by atoms with Crippen molar-refractivity contribution >= 4 is 29.3 Å². The fourth-order valence-corrected chi connectivity index (χ4v) is 3.17. The van der Waals surface area contributed by atoms with Crippen LogP contribution in [0.3, 0.4) is 0 Å². The predicted molar refractivity (Wildman–Crippen MR) is 89.6 cm³/mol. The number of nitrogens with two attached hydrogens (primary N) is 1. The molecule has 1 amide bonds. The molecular weight excluding hydrogens is 323 g/mol. The number of likely N-dealkylation sites (tertiary alicyclic amines) is 1. The second-order valence-corrected chi connectivity index (χ2v) is 7.50. The molecule has 1 aliphatic heterocycles. The van der Waals surface area contributed by atoms with Crippen molar-refractivity contribution < 1.29 is 9.53 Å². The number of hydrogen-bond donors (Lipinski definition) is 1. The number of hydrogen-bond acceptors (Lipinski definition) is 3. The van der Waals surface area contributed by atoms with Crippen molar-refractivity contribution in [1.29, 1.82) is 0 Å². The third-order valence-electron chi connectivity index (χ3n) is 3.75. The summed E-state index contributed by atoms with van der Waals surface area (Å²) in [5, 5.41) is 1.28. The highest BCUT2D eigenvalue weighted by molar-refractivity contribution is 6.33. The fraction of sp³-hybridized carbons (Fsp3) is 0.562. The molecule has 0 spiro atoms. The first-order chi connectivity index (χ1) is 10.2. The average Bonchev–Trinajstić information content (AvgIpc) is 2.83. The Morgan fingerprint density at radius 3 is 2.64 bits per heavy atom. The molecule has 1 aromatic carbocycles. The van der Waals surface area contributed by atoms with Gasteiger partial charge in [0.25, 0.3) is 0 Å². The normalized spacial score (nSPS) is 22.0. The topological polar surface area (TPSA) is 55.6 Å². The highest BCUT2D eigenvalue weighted by Crippen LogP contribution is 2.37. The summed E-state index contributed by atoms with van der Waals surface area (Å²) in [7, 11) is 0. The van der Waals surface area contributed by atoms with Gasteiger partial charge >= 0.3 is 6.09 Å². The molecule has 1 aromatic rings.